The highest BCUT2D eigenvalue weighted by atomic mass is 32.1. The molecule has 134 valence electrons. The number of thiophene rings is 1. The van der Waals surface area contributed by atoms with Crippen LogP contribution >= 0.6 is 11.3 Å². The van der Waals surface area contributed by atoms with Gasteiger partial charge in [-0.05, 0) is 67.7 Å². The highest BCUT2D eigenvalue weighted by Gasteiger charge is 2.19. The lowest BCUT2D eigenvalue weighted by Crippen LogP contribution is -2.40. The van der Waals surface area contributed by atoms with E-state index in [1.807, 2.05) is 42.7 Å². The smallest absolute Gasteiger partial charge is 0.313 e. The average Bonchev–Trinajstić information content (AvgIpc) is 3.10. The zero-order chi connectivity index (χ0) is 18.2. The quantitative estimate of drug-likeness (QED) is 0.744. The normalized spacial score (nSPS) is 11.8. The number of hydrogen-bond acceptors (Lipinski definition) is 5. The molecule has 1 aromatic carbocycles. The Labute approximate surface area is 151 Å². The van der Waals surface area contributed by atoms with Gasteiger partial charge in [-0.3, -0.25) is 9.59 Å². The first kappa shape index (κ1) is 19.0. The number of nitrogens with one attached hydrogen (secondary N) is 2. The van der Waals surface area contributed by atoms with Gasteiger partial charge in [-0.25, -0.2) is 0 Å². The van der Waals surface area contributed by atoms with E-state index in [1.54, 1.807) is 35.6 Å². The molecule has 0 aliphatic carbocycles. The Morgan fingerprint density at radius 3 is 2.44 bits per heavy atom. The number of carbonyl (C=O) groups is 2. The molecule has 0 bridgehead atoms. The van der Waals surface area contributed by atoms with Crippen molar-refractivity contribution < 1.29 is 14.3 Å². The molecule has 0 saturated heterocycles. The van der Waals surface area contributed by atoms with Gasteiger partial charge in [0.2, 0.25) is 0 Å². The van der Waals surface area contributed by atoms with E-state index in [1.165, 1.54) is 0 Å². The Kier molecular flexibility index (Phi) is 6.97. The first-order valence-electron chi connectivity index (χ1n) is 8.01. The van der Waals surface area contributed by atoms with Crippen molar-refractivity contribution in [2.75, 3.05) is 32.6 Å². The molecule has 2 rings (SSSR count). The van der Waals surface area contributed by atoms with Crippen molar-refractivity contribution in [3.8, 4) is 5.75 Å². The summed E-state index contributed by atoms with van der Waals surface area (Å²) in [5, 5.41) is 9.30. The molecular weight excluding hydrogens is 338 g/mol. The largest absolute Gasteiger partial charge is 0.494 e. The van der Waals surface area contributed by atoms with Gasteiger partial charge in [-0.15, -0.1) is 0 Å². The number of likely N-dealkylation sites (N-methyl/N-ethyl adjacent to an activating group) is 1. The van der Waals surface area contributed by atoms with Gasteiger partial charge < -0.3 is 20.3 Å². The molecule has 6 nitrogen and oxygen atoms in total. The first-order valence-corrected chi connectivity index (χ1v) is 8.96. The fraction of sp³-hybridized carbons (Fsp3) is 0.333. The van der Waals surface area contributed by atoms with Crippen molar-refractivity contribution in [1.29, 1.82) is 0 Å². The number of hydrogen-bond donors (Lipinski definition) is 2. The van der Waals surface area contributed by atoms with Crippen LogP contribution in [0, 0.1) is 0 Å². The Hall–Kier alpha value is -2.38. The van der Waals surface area contributed by atoms with Gasteiger partial charge in [0, 0.05) is 12.2 Å². The maximum absolute atomic E-state index is 12.0. The van der Waals surface area contributed by atoms with Crippen LogP contribution < -0.4 is 15.4 Å². The van der Waals surface area contributed by atoms with Crippen LogP contribution in [0.4, 0.5) is 5.69 Å². The fourth-order valence-corrected chi connectivity index (χ4v) is 3.03. The van der Waals surface area contributed by atoms with E-state index in [2.05, 4.69) is 10.6 Å². The molecule has 2 amide bonds. The molecule has 25 heavy (non-hydrogen) atoms. The predicted molar refractivity (Wildman–Crippen MR) is 100.0 cm³/mol. The van der Waals surface area contributed by atoms with Crippen LogP contribution in [0.15, 0.2) is 41.1 Å². The summed E-state index contributed by atoms with van der Waals surface area (Å²) in [5.74, 6) is -0.627. The highest BCUT2D eigenvalue weighted by molar-refractivity contribution is 7.07. The number of carbonyl (C=O) groups excluding carboxylic acids is 2. The van der Waals surface area contributed by atoms with E-state index in [0.717, 1.165) is 11.3 Å². The minimum Gasteiger partial charge on any atom is -0.494 e. The molecule has 0 fully saturated rings. The number of rotatable bonds is 7. The first-order chi connectivity index (χ1) is 12.0. The van der Waals surface area contributed by atoms with Crippen molar-refractivity contribution in [3.05, 3.63) is 46.7 Å². The molecule has 0 radical (unpaired) electrons. The van der Waals surface area contributed by atoms with Gasteiger partial charge in [-0.2, -0.15) is 11.3 Å². The van der Waals surface area contributed by atoms with Crippen LogP contribution in [-0.2, 0) is 9.59 Å². The van der Waals surface area contributed by atoms with E-state index < -0.39 is 11.8 Å². The van der Waals surface area contributed by atoms with Crippen molar-refractivity contribution in [1.82, 2.24) is 10.2 Å². The average molecular weight is 361 g/mol. The van der Waals surface area contributed by atoms with Crippen molar-refractivity contribution in [3.63, 3.8) is 0 Å². The molecule has 1 heterocycles. The molecule has 0 aliphatic heterocycles. The van der Waals surface area contributed by atoms with Gasteiger partial charge in [0.1, 0.15) is 5.75 Å². The number of anilines is 1. The molecule has 0 spiro atoms. The molecule has 1 unspecified atom stereocenters. The minimum absolute atomic E-state index is 0.0217. The third kappa shape index (κ3) is 5.58. The van der Waals surface area contributed by atoms with E-state index in [-0.39, 0.29) is 6.04 Å². The predicted octanol–water partition coefficient (Wildman–Crippen LogP) is 2.50. The lowest BCUT2D eigenvalue weighted by atomic mass is 10.1. The maximum Gasteiger partial charge on any atom is 0.313 e. The molecular formula is C18H23N3O3S. The van der Waals surface area contributed by atoms with Gasteiger partial charge in [-0.1, -0.05) is 0 Å². The topological polar surface area (TPSA) is 70.7 Å². The highest BCUT2D eigenvalue weighted by Crippen LogP contribution is 2.20. The van der Waals surface area contributed by atoms with E-state index in [4.69, 9.17) is 4.74 Å². The van der Waals surface area contributed by atoms with Crippen LogP contribution in [0.1, 0.15) is 18.5 Å². The summed E-state index contributed by atoms with van der Waals surface area (Å²) in [5.41, 5.74) is 1.66. The van der Waals surface area contributed by atoms with Gasteiger partial charge in [0.05, 0.1) is 12.6 Å². The summed E-state index contributed by atoms with van der Waals surface area (Å²) in [6, 6.07) is 8.93. The van der Waals surface area contributed by atoms with Crippen molar-refractivity contribution in [2.45, 2.75) is 13.0 Å². The van der Waals surface area contributed by atoms with Crippen molar-refractivity contribution >= 4 is 28.8 Å². The SMILES string of the molecule is CCOc1ccc(NC(=O)C(=O)NCC(c2ccsc2)N(C)C)cc1. The van der Waals surface area contributed by atoms with Crippen LogP contribution in [0.2, 0.25) is 0 Å². The van der Waals surface area contributed by atoms with Crippen LogP contribution in [0.3, 0.4) is 0 Å². The van der Waals surface area contributed by atoms with Gasteiger partial charge in [0.15, 0.2) is 0 Å². The molecule has 0 aliphatic rings. The Bertz CT molecular complexity index is 684. The fourth-order valence-electron chi connectivity index (χ4n) is 2.32. The number of ether oxygens (including phenoxy) is 1. The van der Waals surface area contributed by atoms with E-state index >= 15 is 0 Å². The van der Waals surface area contributed by atoms with Crippen LogP contribution in [0.25, 0.3) is 0 Å². The van der Waals surface area contributed by atoms with E-state index in [0.29, 0.717) is 18.8 Å². The lowest BCUT2D eigenvalue weighted by Gasteiger charge is -2.23. The molecule has 1 aromatic heterocycles. The van der Waals surface area contributed by atoms with Crippen LogP contribution in [0.5, 0.6) is 5.75 Å². The second-order valence-electron chi connectivity index (χ2n) is 5.66. The second-order valence-corrected chi connectivity index (χ2v) is 6.44. The number of benzene rings is 1. The summed E-state index contributed by atoms with van der Waals surface area (Å²) in [6.45, 7) is 2.83. The molecule has 1 atom stereocenters. The third-order valence-electron chi connectivity index (χ3n) is 3.64. The minimum atomic E-state index is -0.688. The van der Waals surface area contributed by atoms with Gasteiger partial charge >= 0.3 is 11.8 Å². The Morgan fingerprint density at radius 1 is 1.16 bits per heavy atom. The maximum atomic E-state index is 12.0. The number of nitrogens with zero attached hydrogens (tertiary/aromatic N) is 1. The molecule has 2 N–H and O–H groups in total. The summed E-state index contributed by atoms with van der Waals surface area (Å²) >= 11 is 1.60. The summed E-state index contributed by atoms with van der Waals surface area (Å²) in [7, 11) is 3.88. The lowest BCUT2D eigenvalue weighted by molar-refractivity contribution is -0.136. The summed E-state index contributed by atoms with van der Waals surface area (Å²) in [4.78, 5) is 26.1. The zero-order valence-electron chi connectivity index (χ0n) is 14.6. The monoisotopic (exact) mass is 361 g/mol. The van der Waals surface area contributed by atoms with Crippen LogP contribution in [-0.4, -0.2) is 44.0 Å². The van der Waals surface area contributed by atoms with Crippen molar-refractivity contribution in [2.24, 2.45) is 0 Å². The summed E-state index contributed by atoms with van der Waals surface area (Å²) in [6.07, 6.45) is 0. The molecule has 2 aromatic rings. The second kappa shape index (κ2) is 9.19. The summed E-state index contributed by atoms with van der Waals surface area (Å²) < 4.78 is 5.34. The zero-order valence-corrected chi connectivity index (χ0v) is 15.4. The standard InChI is InChI=1S/C18H23N3O3S/c1-4-24-15-7-5-14(6-8-15)20-18(23)17(22)19-11-16(21(2)3)13-9-10-25-12-13/h5-10,12,16H,4,11H2,1-3H3,(H,19,22)(H,20,23). The van der Waals surface area contributed by atoms with Gasteiger partial charge in [0.25, 0.3) is 0 Å². The molecule has 7 heteroatoms. The Balaban J connectivity index is 1.88. The van der Waals surface area contributed by atoms with E-state index in [9.17, 15) is 9.59 Å². The third-order valence-corrected chi connectivity index (χ3v) is 4.34. The Morgan fingerprint density at radius 2 is 1.88 bits per heavy atom. The molecule has 0 saturated carbocycles. The number of amides is 2.